The fourth-order valence-electron chi connectivity index (χ4n) is 2.61. The molecule has 1 unspecified atom stereocenters. The maximum absolute atomic E-state index is 13.1. The van der Waals surface area contributed by atoms with Gasteiger partial charge < -0.3 is 26.1 Å². The molecule has 1 saturated heterocycles. The van der Waals surface area contributed by atoms with Crippen molar-refractivity contribution in [2.24, 2.45) is 5.73 Å². The van der Waals surface area contributed by atoms with Gasteiger partial charge in [0, 0.05) is 11.3 Å². The minimum absolute atomic E-state index is 0. The zero-order valence-electron chi connectivity index (χ0n) is 17.7. The zero-order valence-corrected chi connectivity index (χ0v) is 20.8. The summed E-state index contributed by atoms with van der Waals surface area (Å²) in [7, 11) is 2.04. The van der Waals surface area contributed by atoms with Crippen molar-refractivity contribution in [1.29, 1.82) is 5.41 Å². The monoisotopic (exact) mass is 429 g/mol. The van der Waals surface area contributed by atoms with Crippen molar-refractivity contribution in [2.45, 2.75) is 32.9 Å². The first-order valence-electron chi connectivity index (χ1n) is 9.11. The Morgan fingerprint density at radius 3 is 2.59 bits per heavy atom. The predicted octanol–water partition coefficient (Wildman–Crippen LogP) is -0.170. The van der Waals surface area contributed by atoms with Crippen molar-refractivity contribution in [2.75, 3.05) is 32.0 Å². The molecule has 154 valence electrons. The Labute approximate surface area is 214 Å². The summed E-state index contributed by atoms with van der Waals surface area (Å²) in [5.41, 5.74) is 6.42. The summed E-state index contributed by atoms with van der Waals surface area (Å²) in [6.45, 7) is 5.03. The van der Waals surface area contributed by atoms with E-state index in [1.54, 1.807) is 38.1 Å². The molecule has 2 rings (SSSR count). The number of halogens is 1. The molecule has 1 aliphatic rings. The van der Waals surface area contributed by atoms with Gasteiger partial charge in [-0.3, -0.25) is 10.2 Å². The smallest absolute Gasteiger partial charge is 0.641 e. The molecule has 0 radical (unpaired) electrons. The number of nitrogens with two attached hydrogens (primary N) is 1. The van der Waals surface area contributed by atoms with Gasteiger partial charge in [-0.1, -0.05) is 37.3 Å². The minimum Gasteiger partial charge on any atom is -0.641 e. The van der Waals surface area contributed by atoms with Crippen LogP contribution in [-0.2, 0) is 9.59 Å². The first kappa shape index (κ1) is 28.1. The third-order valence-electron chi connectivity index (χ3n) is 4.28. The fraction of sp³-hybridized carbons (Fsp3) is 0.450. The first-order chi connectivity index (χ1) is 13.3. The first-order valence-corrected chi connectivity index (χ1v) is 9.11. The summed E-state index contributed by atoms with van der Waals surface area (Å²) in [6.07, 6.45) is 3.20. The Morgan fingerprint density at radius 1 is 1.41 bits per heavy atom. The molecule has 0 bridgehead atoms. The number of amides is 1. The number of aldehydes is 1. The third kappa shape index (κ3) is 10.1. The second-order valence-corrected chi connectivity index (χ2v) is 6.68. The van der Waals surface area contributed by atoms with Crippen LogP contribution in [0.15, 0.2) is 35.7 Å². The SMILES string of the molecule is CC(C)=C(F)C[N-]C1CCCN1C.N=C(C(N)=O)c1ccccc1NCC=O.[K+]. The summed E-state index contributed by atoms with van der Waals surface area (Å²) in [5, 5.41) is 14.6. The molecule has 0 aromatic heterocycles. The summed E-state index contributed by atoms with van der Waals surface area (Å²) < 4.78 is 13.1. The van der Waals surface area contributed by atoms with Crippen LogP contribution >= 0.6 is 0 Å². The Kier molecular flexibility index (Phi) is 14.5. The van der Waals surface area contributed by atoms with Crippen molar-refractivity contribution >= 4 is 23.6 Å². The molecule has 1 heterocycles. The van der Waals surface area contributed by atoms with E-state index in [-0.39, 0.29) is 82.2 Å². The van der Waals surface area contributed by atoms with Gasteiger partial charge in [-0.2, -0.15) is 0 Å². The third-order valence-corrected chi connectivity index (χ3v) is 4.28. The standard InChI is InChI=1S/C10H18FN2.C10H11N3O2.K/c1-8(2)9(11)7-12-10-5-4-6-13(10)3;11-9(10(12)15)7-3-1-2-4-8(7)13-5-6-14;/h10H,4-7H2,1-3H3;1-4,6,11,13H,5H2,(H2,12,15);/q-1;;+1. The number of allylic oxidation sites excluding steroid dienone is 1. The maximum Gasteiger partial charge on any atom is 1.00 e. The number of benzene rings is 1. The molecule has 0 aliphatic carbocycles. The Balaban J connectivity index is 0.000000527. The van der Waals surface area contributed by atoms with Crippen LogP contribution in [0.3, 0.4) is 0 Å². The van der Waals surface area contributed by atoms with Crippen LogP contribution in [0.1, 0.15) is 32.3 Å². The second-order valence-electron chi connectivity index (χ2n) is 6.68. The summed E-state index contributed by atoms with van der Waals surface area (Å²) >= 11 is 0. The van der Waals surface area contributed by atoms with E-state index in [0.717, 1.165) is 18.5 Å². The normalized spacial score (nSPS) is 15.4. The average molecular weight is 430 g/mol. The van der Waals surface area contributed by atoms with E-state index in [9.17, 15) is 14.0 Å². The van der Waals surface area contributed by atoms with Gasteiger partial charge in [-0.05, 0) is 45.5 Å². The van der Waals surface area contributed by atoms with Gasteiger partial charge in [0.15, 0.2) is 0 Å². The van der Waals surface area contributed by atoms with E-state index < -0.39 is 5.91 Å². The molecule has 0 saturated carbocycles. The van der Waals surface area contributed by atoms with Crippen LogP contribution in [-0.4, -0.2) is 55.7 Å². The maximum atomic E-state index is 13.1. The van der Waals surface area contributed by atoms with E-state index in [1.165, 1.54) is 6.42 Å². The average Bonchev–Trinajstić information content (AvgIpc) is 3.09. The number of para-hydroxylation sites is 1. The van der Waals surface area contributed by atoms with Crippen LogP contribution in [0.4, 0.5) is 10.1 Å². The molecule has 1 fully saturated rings. The number of likely N-dealkylation sites (tertiary alicyclic amines) is 1. The minimum atomic E-state index is -0.796. The summed E-state index contributed by atoms with van der Waals surface area (Å²) in [6, 6.07) is 6.71. The van der Waals surface area contributed by atoms with E-state index in [4.69, 9.17) is 11.1 Å². The van der Waals surface area contributed by atoms with E-state index in [1.807, 2.05) is 7.05 Å². The molecule has 0 spiro atoms. The summed E-state index contributed by atoms with van der Waals surface area (Å²) in [4.78, 5) is 23.2. The van der Waals surface area contributed by atoms with Gasteiger partial charge in [0.25, 0.3) is 5.91 Å². The number of hydrogen-bond acceptors (Lipinski definition) is 5. The number of hydrogen-bond donors (Lipinski definition) is 3. The number of nitrogens with zero attached hydrogens (tertiary/aromatic N) is 2. The van der Waals surface area contributed by atoms with Crippen LogP contribution in [0.5, 0.6) is 0 Å². The molecule has 4 N–H and O–H groups in total. The van der Waals surface area contributed by atoms with Gasteiger partial charge in [0.05, 0.1) is 12.4 Å². The molecule has 1 aromatic rings. The van der Waals surface area contributed by atoms with Crippen LogP contribution in [0, 0.1) is 5.41 Å². The Bertz CT molecular complexity index is 723. The number of nitrogens with one attached hydrogen (secondary N) is 2. The van der Waals surface area contributed by atoms with Gasteiger partial charge in [0.2, 0.25) is 0 Å². The topological polar surface area (TPSA) is 113 Å². The number of carbonyl (C=O) groups excluding carboxylic acids is 2. The van der Waals surface area contributed by atoms with Gasteiger partial charge >= 0.3 is 51.4 Å². The molecule has 9 heteroatoms. The van der Waals surface area contributed by atoms with Crippen molar-refractivity contribution in [3.63, 3.8) is 0 Å². The van der Waals surface area contributed by atoms with Gasteiger partial charge in [-0.15, -0.1) is 0 Å². The van der Waals surface area contributed by atoms with Crippen LogP contribution in [0.2, 0.25) is 0 Å². The molecule has 1 atom stereocenters. The molecular formula is C20H29FKN5O2. The van der Waals surface area contributed by atoms with Crippen molar-refractivity contribution in [1.82, 2.24) is 4.90 Å². The Hall–Kier alpha value is -0.944. The molecule has 7 nitrogen and oxygen atoms in total. The second kappa shape index (κ2) is 14.9. The van der Waals surface area contributed by atoms with Crippen LogP contribution in [0.25, 0.3) is 5.32 Å². The van der Waals surface area contributed by atoms with E-state index >= 15 is 0 Å². The number of primary amides is 1. The molecule has 1 aromatic carbocycles. The molecule has 1 amide bonds. The quantitative estimate of drug-likeness (QED) is 0.302. The number of carbonyl (C=O) groups is 2. The van der Waals surface area contributed by atoms with Gasteiger partial charge in [0.1, 0.15) is 12.0 Å². The van der Waals surface area contributed by atoms with Crippen molar-refractivity contribution in [3.8, 4) is 0 Å². The van der Waals surface area contributed by atoms with Crippen molar-refractivity contribution in [3.05, 3.63) is 46.5 Å². The zero-order chi connectivity index (χ0) is 21.1. The van der Waals surface area contributed by atoms with E-state index in [0.29, 0.717) is 17.5 Å². The van der Waals surface area contributed by atoms with Crippen molar-refractivity contribution < 1.29 is 65.4 Å². The van der Waals surface area contributed by atoms with Crippen LogP contribution < -0.4 is 62.4 Å². The number of rotatable bonds is 8. The Morgan fingerprint density at radius 2 is 2.07 bits per heavy atom. The molecule has 1 aliphatic heterocycles. The molecular weight excluding hydrogens is 400 g/mol. The van der Waals surface area contributed by atoms with Gasteiger partial charge in [-0.25, -0.2) is 4.39 Å². The largest absolute Gasteiger partial charge is 1.00 e. The fourth-order valence-corrected chi connectivity index (χ4v) is 2.61. The predicted molar refractivity (Wildman–Crippen MR) is 110 cm³/mol. The summed E-state index contributed by atoms with van der Waals surface area (Å²) in [5.74, 6) is -0.879. The number of anilines is 1. The molecule has 29 heavy (non-hydrogen) atoms. The van der Waals surface area contributed by atoms with E-state index in [2.05, 4.69) is 15.5 Å².